The molecule has 0 amide bonds. The first-order valence-electron chi connectivity index (χ1n) is 12.8. The van der Waals surface area contributed by atoms with Crippen molar-refractivity contribution in [1.29, 1.82) is 0 Å². The molecule has 0 fully saturated rings. The van der Waals surface area contributed by atoms with Gasteiger partial charge in [0.25, 0.3) is 0 Å². The van der Waals surface area contributed by atoms with Crippen LogP contribution in [-0.4, -0.2) is 25.0 Å². The zero-order chi connectivity index (χ0) is 24.5. The maximum absolute atomic E-state index is 6.15. The number of hydrogen-bond acceptors (Lipinski definition) is 1. The first-order valence-corrected chi connectivity index (χ1v) is 19.1. The Kier molecular flexibility index (Phi) is 8.20. The van der Waals surface area contributed by atoms with E-state index in [2.05, 4.69) is 140 Å². The fourth-order valence-electron chi connectivity index (χ4n) is 5.16. The zero-order valence-electron chi connectivity index (χ0n) is 20.6. The summed E-state index contributed by atoms with van der Waals surface area (Å²) >= 11 is -3.16. The summed E-state index contributed by atoms with van der Waals surface area (Å²) in [4.78, 5) is 0. The third kappa shape index (κ3) is 5.57. The monoisotopic (exact) mass is 576 g/mol. The fraction of sp³-hybridized carbons (Fsp3) is 0.118. The second-order valence-electron chi connectivity index (χ2n) is 9.20. The van der Waals surface area contributed by atoms with Crippen LogP contribution >= 0.6 is 0 Å². The Hall–Kier alpha value is -3.30. The zero-order valence-corrected chi connectivity index (χ0v) is 23.4. The van der Waals surface area contributed by atoms with Crippen LogP contribution in [-0.2, 0) is 0 Å². The van der Waals surface area contributed by atoms with E-state index in [1.54, 1.807) is 10.7 Å². The van der Waals surface area contributed by atoms with E-state index in [4.69, 9.17) is 4.74 Å². The number of rotatable bonds is 10. The van der Waals surface area contributed by atoms with Gasteiger partial charge in [0.05, 0.1) is 0 Å². The average Bonchev–Trinajstić information content (AvgIpc) is 2.97. The molecule has 5 aromatic carbocycles. The van der Waals surface area contributed by atoms with Gasteiger partial charge in [-0.2, -0.15) is 0 Å². The van der Waals surface area contributed by atoms with E-state index in [1.807, 2.05) is 6.07 Å². The molecule has 0 saturated heterocycles. The summed E-state index contributed by atoms with van der Waals surface area (Å²) in [6, 6.07) is 52.7. The molecule has 0 bridgehead atoms. The van der Waals surface area contributed by atoms with Crippen molar-refractivity contribution >= 4 is 29.1 Å². The molecule has 0 unspecified atom stereocenters. The molecule has 36 heavy (non-hydrogen) atoms. The second-order valence-corrected chi connectivity index (χ2v) is 20.7. The van der Waals surface area contributed by atoms with Crippen molar-refractivity contribution in [2.24, 2.45) is 0 Å². The molecule has 2 heteroatoms. The van der Waals surface area contributed by atoms with Gasteiger partial charge in [0.2, 0.25) is 0 Å². The average molecular weight is 575 g/mol. The summed E-state index contributed by atoms with van der Waals surface area (Å²) < 4.78 is 12.0. The Morgan fingerprint density at radius 1 is 0.417 bits per heavy atom. The van der Waals surface area contributed by atoms with E-state index >= 15 is 0 Å². The molecule has 0 aliphatic heterocycles. The van der Waals surface area contributed by atoms with Crippen LogP contribution in [0.5, 0.6) is 5.75 Å². The van der Waals surface area contributed by atoms with Crippen LogP contribution in [0.1, 0.15) is 12.8 Å². The Morgan fingerprint density at radius 2 is 0.833 bits per heavy atom. The predicted octanol–water partition coefficient (Wildman–Crippen LogP) is 6.68. The molecule has 0 saturated carbocycles. The Balaban J connectivity index is 1.30. The molecule has 0 atom stereocenters. The molecule has 178 valence electrons. The van der Waals surface area contributed by atoms with E-state index in [-0.39, 0.29) is 0 Å². The molecule has 5 rings (SSSR count). The normalized spacial score (nSPS) is 11.2. The van der Waals surface area contributed by atoms with Gasteiger partial charge in [0.1, 0.15) is 0 Å². The van der Waals surface area contributed by atoms with E-state index in [1.165, 1.54) is 15.6 Å². The van der Waals surface area contributed by atoms with Crippen molar-refractivity contribution in [2.45, 2.75) is 17.3 Å². The van der Waals surface area contributed by atoms with E-state index < -0.39 is 18.4 Å². The maximum atomic E-state index is 6.15. The predicted molar refractivity (Wildman–Crippen MR) is 155 cm³/mol. The van der Waals surface area contributed by atoms with Crippen molar-refractivity contribution in [3.8, 4) is 16.9 Å². The van der Waals surface area contributed by atoms with E-state index in [9.17, 15) is 0 Å². The van der Waals surface area contributed by atoms with Gasteiger partial charge in [0.15, 0.2) is 0 Å². The van der Waals surface area contributed by atoms with Gasteiger partial charge in [-0.3, -0.25) is 0 Å². The molecule has 5 aromatic rings. The summed E-state index contributed by atoms with van der Waals surface area (Å²) in [5.74, 6) is 0.943. The third-order valence-corrected chi connectivity index (χ3v) is 21.4. The summed E-state index contributed by atoms with van der Waals surface area (Å²) in [6.45, 7) is 0.741. The number of hydrogen-bond donors (Lipinski definition) is 0. The van der Waals surface area contributed by atoms with Crippen LogP contribution < -0.4 is 15.5 Å². The van der Waals surface area contributed by atoms with Crippen LogP contribution in [0.2, 0.25) is 4.44 Å². The first kappa shape index (κ1) is 24.4. The Labute approximate surface area is 219 Å². The van der Waals surface area contributed by atoms with E-state index in [0.29, 0.717) is 0 Å². The molecular formula is C34H32OSn. The van der Waals surface area contributed by atoms with Gasteiger partial charge in [0, 0.05) is 0 Å². The molecule has 1 nitrogen and oxygen atoms in total. The SMILES string of the molecule is c1ccc(-c2ccc(OCCC[CH2][Sn]([c]3ccccc3)([c]3ccccc3)[c]3ccccc3)cc2)cc1. The molecule has 0 radical (unpaired) electrons. The fourth-order valence-corrected chi connectivity index (χ4v) is 19.2. The summed E-state index contributed by atoms with van der Waals surface area (Å²) in [6.07, 6.45) is 2.20. The molecule has 0 heterocycles. The van der Waals surface area contributed by atoms with Gasteiger partial charge >= 0.3 is 214 Å². The van der Waals surface area contributed by atoms with Gasteiger partial charge in [-0.05, 0) is 0 Å². The van der Waals surface area contributed by atoms with E-state index in [0.717, 1.165) is 25.2 Å². The van der Waals surface area contributed by atoms with Crippen molar-refractivity contribution < 1.29 is 4.74 Å². The van der Waals surface area contributed by atoms with Crippen LogP contribution in [0.3, 0.4) is 0 Å². The molecular weight excluding hydrogens is 543 g/mol. The molecule has 0 N–H and O–H groups in total. The van der Waals surface area contributed by atoms with Crippen molar-refractivity contribution in [3.63, 3.8) is 0 Å². The third-order valence-electron chi connectivity index (χ3n) is 6.98. The molecule has 0 aliphatic carbocycles. The van der Waals surface area contributed by atoms with Crippen LogP contribution in [0, 0.1) is 0 Å². The van der Waals surface area contributed by atoms with Crippen molar-refractivity contribution in [3.05, 3.63) is 146 Å². The van der Waals surface area contributed by atoms with Gasteiger partial charge < -0.3 is 0 Å². The summed E-state index contributed by atoms with van der Waals surface area (Å²) in [5.41, 5.74) is 2.45. The number of ether oxygens (including phenoxy) is 1. The minimum absolute atomic E-state index is 0.741. The van der Waals surface area contributed by atoms with Crippen molar-refractivity contribution in [1.82, 2.24) is 0 Å². The van der Waals surface area contributed by atoms with Gasteiger partial charge in [-0.1, -0.05) is 6.07 Å². The quantitative estimate of drug-likeness (QED) is 0.133. The summed E-state index contributed by atoms with van der Waals surface area (Å²) in [7, 11) is 0. The minimum atomic E-state index is -3.16. The summed E-state index contributed by atoms with van der Waals surface area (Å²) in [5, 5.41) is 0. The van der Waals surface area contributed by atoms with Crippen LogP contribution in [0.4, 0.5) is 0 Å². The Bertz CT molecular complexity index is 1220. The standard InChI is InChI=1S/C16H17O.3C6H5.Sn/c1-2-3-13-17-16-11-9-15(10-12-16)14-7-5-4-6-8-14;3*1-2-4-6-5-3-1;/h4-12H,1-3,13H2;3*1-5H;. The molecule has 0 aromatic heterocycles. The van der Waals surface area contributed by atoms with Gasteiger partial charge in [-0.15, -0.1) is 0 Å². The Morgan fingerprint density at radius 3 is 1.31 bits per heavy atom. The topological polar surface area (TPSA) is 9.23 Å². The number of unbranched alkanes of at least 4 members (excludes halogenated alkanes) is 1. The van der Waals surface area contributed by atoms with Gasteiger partial charge in [-0.25, -0.2) is 0 Å². The van der Waals surface area contributed by atoms with Crippen molar-refractivity contribution in [2.75, 3.05) is 6.61 Å². The number of benzene rings is 5. The van der Waals surface area contributed by atoms with Crippen LogP contribution in [0.25, 0.3) is 11.1 Å². The molecule has 0 spiro atoms. The molecule has 0 aliphatic rings. The van der Waals surface area contributed by atoms with Crippen LogP contribution in [0.15, 0.2) is 146 Å². The second kappa shape index (κ2) is 12.1. The first-order chi connectivity index (χ1) is 17.9.